The number of aliphatic hydroxyl groups is 1. The Balaban J connectivity index is 1.82. The average Bonchev–Trinajstić information content (AvgIpc) is 2.79. The Morgan fingerprint density at radius 2 is 2.15 bits per heavy atom. The monoisotopic (exact) mass is 294 g/mol. The lowest BCUT2D eigenvalue weighted by Crippen LogP contribution is -2.48. The first-order valence-corrected chi connectivity index (χ1v) is 7.07. The molecule has 0 bridgehead atoms. The van der Waals surface area contributed by atoms with E-state index in [1.807, 2.05) is 0 Å². The highest BCUT2D eigenvalue weighted by atomic mass is 19.4. The molecule has 3 N–H and O–H groups in total. The van der Waals surface area contributed by atoms with Gasteiger partial charge in [-0.05, 0) is 31.1 Å². The summed E-state index contributed by atoms with van der Waals surface area (Å²) in [5, 5.41) is 14.3. The molecule has 1 saturated heterocycles. The van der Waals surface area contributed by atoms with Crippen molar-refractivity contribution in [3.8, 4) is 0 Å². The molecule has 1 aliphatic carbocycles. The first-order chi connectivity index (χ1) is 9.29. The van der Waals surface area contributed by atoms with Gasteiger partial charge in [0, 0.05) is 6.04 Å². The van der Waals surface area contributed by atoms with Crippen LogP contribution in [0.1, 0.15) is 32.6 Å². The van der Waals surface area contributed by atoms with Crippen molar-refractivity contribution in [2.75, 3.05) is 6.54 Å². The number of hydrogen-bond acceptors (Lipinski definition) is 3. The number of nitrogens with one attached hydrogen (secondary N) is 2. The van der Waals surface area contributed by atoms with Crippen LogP contribution in [0, 0.1) is 11.8 Å². The summed E-state index contributed by atoms with van der Waals surface area (Å²) >= 11 is 0. The second-order valence-electron chi connectivity index (χ2n) is 5.95. The summed E-state index contributed by atoms with van der Waals surface area (Å²) in [6.07, 6.45) is -3.20. The smallest absolute Gasteiger partial charge is 0.382 e. The number of carbonyl (C=O) groups excluding carboxylic acids is 1. The molecule has 2 rings (SSSR count). The largest absolute Gasteiger partial charge is 0.416 e. The molecule has 7 heteroatoms. The molecular formula is C13H21F3N2O2. The highest BCUT2D eigenvalue weighted by molar-refractivity contribution is 5.82. The van der Waals surface area contributed by atoms with Gasteiger partial charge in [-0.3, -0.25) is 4.79 Å². The van der Waals surface area contributed by atoms with Crippen LogP contribution in [0.4, 0.5) is 13.2 Å². The van der Waals surface area contributed by atoms with Crippen LogP contribution in [0.3, 0.4) is 0 Å². The molecule has 116 valence electrons. The summed E-state index contributed by atoms with van der Waals surface area (Å²) < 4.78 is 36.5. The van der Waals surface area contributed by atoms with E-state index in [2.05, 4.69) is 17.6 Å². The van der Waals surface area contributed by atoms with Crippen molar-refractivity contribution in [3.05, 3.63) is 0 Å². The Morgan fingerprint density at radius 3 is 2.75 bits per heavy atom. The normalized spacial score (nSPS) is 35.5. The van der Waals surface area contributed by atoms with Gasteiger partial charge in [0.1, 0.15) is 0 Å². The Bertz CT molecular complexity index is 362. The molecule has 0 aromatic heterocycles. The first kappa shape index (κ1) is 15.6. The van der Waals surface area contributed by atoms with Gasteiger partial charge < -0.3 is 15.7 Å². The lowest BCUT2D eigenvalue weighted by molar-refractivity contribution is -0.201. The van der Waals surface area contributed by atoms with Crippen LogP contribution in [0.2, 0.25) is 0 Å². The SMILES string of the molecule is CC1CCCC2CC(C(=O)NCC(O)C(F)(F)F)NC12. The Kier molecular flexibility index (Phi) is 4.59. The molecular weight excluding hydrogens is 273 g/mol. The third-order valence-electron chi connectivity index (χ3n) is 4.45. The van der Waals surface area contributed by atoms with E-state index in [1.165, 1.54) is 0 Å². The van der Waals surface area contributed by atoms with Gasteiger partial charge >= 0.3 is 6.18 Å². The van der Waals surface area contributed by atoms with Gasteiger partial charge in [-0.1, -0.05) is 13.3 Å². The fourth-order valence-electron chi connectivity index (χ4n) is 3.31. The van der Waals surface area contributed by atoms with E-state index in [4.69, 9.17) is 5.11 Å². The summed E-state index contributed by atoms with van der Waals surface area (Å²) in [5.41, 5.74) is 0. The summed E-state index contributed by atoms with van der Waals surface area (Å²) in [6, 6.07) is -0.155. The molecule has 1 heterocycles. The average molecular weight is 294 g/mol. The van der Waals surface area contributed by atoms with Crippen LogP contribution < -0.4 is 10.6 Å². The number of amides is 1. The summed E-state index contributed by atoms with van der Waals surface area (Å²) in [7, 11) is 0. The molecule has 0 spiro atoms. The van der Waals surface area contributed by atoms with Gasteiger partial charge in [-0.2, -0.15) is 13.2 Å². The predicted molar refractivity (Wildman–Crippen MR) is 66.9 cm³/mol. The molecule has 0 radical (unpaired) electrons. The van der Waals surface area contributed by atoms with Crippen LogP contribution >= 0.6 is 0 Å². The number of hydrogen-bond donors (Lipinski definition) is 3. The van der Waals surface area contributed by atoms with Gasteiger partial charge in [-0.15, -0.1) is 0 Å². The van der Waals surface area contributed by atoms with Gasteiger partial charge in [0.05, 0.1) is 12.6 Å². The van der Waals surface area contributed by atoms with Crippen molar-refractivity contribution in [3.63, 3.8) is 0 Å². The quantitative estimate of drug-likeness (QED) is 0.733. The van der Waals surface area contributed by atoms with E-state index in [-0.39, 0.29) is 6.04 Å². The van der Waals surface area contributed by atoms with Crippen molar-refractivity contribution >= 4 is 5.91 Å². The molecule has 20 heavy (non-hydrogen) atoms. The van der Waals surface area contributed by atoms with Crippen LogP contribution in [0.5, 0.6) is 0 Å². The maximum atomic E-state index is 12.2. The highest BCUT2D eigenvalue weighted by Gasteiger charge is 2.42. The molecule has 0 aromatic rings. The third kappa shape index (κ3) is 3.44. The van der Waals surface area contributed by atoms with E-state index in [0.29, 0.717) is 18.3 Å². The predicted octanol–water partition coefficient (Wildman–Crippen LogP) is 1.19. The third-order valence-corrected chi connectivity index (χ3v) is 4.45. The molecule has 1 saturated carbocycles. The van der Waals surface area contributed by atoms with Gasteiger partial charge in [-0.25, -0.2) is 0 Å². The standard InChI is InChI=1S/C13H21F3N2O2/c1-7-3-2-4-8-5-9(18-11(7)8)12(20)17-6-10(19)13(14,15)16/h7-11,18-19H,2-6H2,1H3,(H,17,20). The molecule has 2 aliphatic rings. The van der Waals surface area contributed by atoms with Crippen molar-refractivity contribution in [1.29, 1.82) is 0 Å². The van der Waals surface area contributed by atoms with Crippen molar-refractivity contribution in [2.24, 2.45) is 11.8 Å². The second-order valence-corrected chi connectivity index (χ2v) is 5.95. The second kappa shape index (κ2) is 5.89. The Labute approximate surface area is 116 Å². The number of halogens is 3. The van der Waals surface area contributed by atoms with Crippen LogP contribution in [0.25, 0.3) is 0 Å². The van der Waals surface area contributed by atoms with Crippen LogP contribution in [-0.2, 0) is 4.79 Å². The number of carbonyl (C=O) groups is 1. The molecule has 1 amide bonds. The van der Waals surface area contributed by atoms with Crippen LogP contribution in [0.15, 0.2) is 0 Å². The molecule has 2 fully saturated rings. The fraction of sp³-hybridized carbons (Fsp3) is 0.923. The zero-order valence-electron chi connectivity index (χ0n) is 11.4. The number of fused-ring (bicyclic) bond motifs is 1. The molecule has 5 unspecified atom stereocenters. The topological polar surface area (TPSA) is 61.4 Å². The maximum absolute atomic E-state index is 12.2. The van der Waals surface area contributed by atoms with Gasteiger partial charge in [0.2, 0.25) is 5.91 Å². The summed E-state index contributed by atoms with van der Waals surface area (Å²) in [5.74, 6) is 0.476. The summed E-state index contributed by atoms with van der Waals surface area (Å²) in [6.45, 7) is 1.35. The van der Waals surface area contributed by atoms with Crippen molar-refractivity contribution < 1.29 is 23.1 Å². The minimum Gasteiger partial charge on any atom is -0.382 e. The minimum absolute atomic E-state index is 0.284. The zero-order chi connectivity index (χ0) is 14.9. The molecule has 5 atom stereocenters. The van der Waals surface area contributed by atoms with Crippen molar-refractivity contribution in [2.45, 2.75) is 57.0 Å². The maximum Gasteiger partial charge on any atom is 0.416 e. The van der Waals surface area contributed by atoms with E-state index in [0.717, 1.165) is 19.3 Å². The van der Waals surface area contributed by atoms with E-state index < -0.39 is 30.8 Å². The number of rotatable bonds is 3. The zero-order valence-corrected chi connectivity index (χ0v) is 11.4. The molecule has 0 aromatic carbocycles. The number of alkyl halides is 3. The van der Waals surface area contributed by atoms with E-state index in [9.17, 15) is 18.0 Å². The lowest BCUT2D eigenvalue weighted by Gasteiger charge is -2.31. The van der Waals surface area contributed by atoms with Gasteiger partial charge in [0.15, 0.2) is 6.10 Å². The summed E-state index contributed by atoms with van der Waals surface area (Å²) in [4.78, 5) is 11.9. The van der Waals surface area contributed by atoms with Gasteiger partial charge in [0.25, 0.3) is 0 Å². The minimum atomic E-state index is -4.70. The molecule has 4 nitrogen and oxygen atoms in total. The Hall–Kier alpha value is -0.820. The van der Waals surface area contributed by atoms with E-state index in [1.54, 1.807) is 0 Å². The van der Waals surface area contributed by atoms with E-state index >= 15 is 0 Å². The fourth-order valence-corrected chi connectivity index (χ4v) is 3.31. The molecule has 1 aliphatic heterocycles. The Morgan fingerprint density at radius 1 is 1.45 bits per heavy atom. The first-order valence-electron chi connectivity index (χ1n) is 7.07. The lowest BCUT2D eigenvalue weighted by atomic mass is 9.78. The van der Waals surface area contributed by atoms with Crippen molar-refractivity contribution in [1.82, 2.24) is 10.6 Å². The highest BCUT2D eigenvalue weighted by Crippen LogP contribution is 2.36. The van der Waals surface area contributed by atoms with Crippen LogP contribution in [-0.4, -0.2) is 41.9 Å². The number of aliphatic hydroxyl groups excluding tert-OH is 1.